The maximum Gasteiger partial charge on any atom is 0.309 e. The third kappa shape index (κ3) is 4.33. The first-order valence-electron chi connectivity index (χ1n) is 7.77. The molecule has 0 bridgehead atoms. The van der Waals surface area contributed by atoms with Gasteiger partial charge in [0.25, 0.3) is 0 Å². The summed E-state index contributed by atoms with van der Waals surface area (Å²) < 4.78 is 11.4. The third-order valence-corrected chi connectivity index (χ3v) is 4.75. The summed E-state index contributed by atoms with van der Waals surface area (Å²) >= 11 is 7.39. The Morgan fingerprint density at radius 3 is 2.81 bits per heavy atom. The van der Waals surface area contributed by atoms with E-state index in [2.05, 4.69) is 4.98 Å². The molecule has 0 radical (unpaired) electrons. The van der Waals surface area contributed by atoms with Crippen molar-refractivity contribution in [2.24, 2.45) is 0 Å². The van der Waals surface area contributed by atoms with Crippen LogP contribution in [0.3, 0.4) is 0 Å². The highest BCUT2D eigenvalue weighted by molar-refractivity contribution is 7.13. The van der Waals surface area contributed by atoms with Gasteiger partial charge in [0.1, 0.15) is 11.6 Å². The number of aliphatic carboxylic acids is 1. The number of thiazole rings is 1. The summed E-state index contributed by atoms with van der Waals surface area (Å²) in [5.41, 5.74) is 2.20. The zero-order valence-electron chi connectivity index (χ0n) is 13.9. The van der Waals surface area contributed by atoms with Gasteiger partial charge in [-0.05, 0) is 29.8 Å². The number of methoxy groups -OCH3 is 1. The van der Waals surface area contributed by atoms with Crippen LogP contribution >= 0.6 is 22.9 Å². The van der Waals surface area contributed by atoms with Gasteiger partial charge in [0, 0.05) is 10.4 Å². The summed E-state index contributed by atoms with van der Waals surface area (Å²) in [6.07, 6.45) is -0.112. The van der Waals surface area contributed by atoms with Crippen LogP contribution in [0.5, 0.6) is 11.5 Å². The zero-order valence-corrected chi connectivity index (χ0v) is 15.5. The predicted molar refractivity (Wildman–Crippen MR) is 101 cm³/mol. The molecular formula is C19H16ClNO4S. The van der Waals surface area contributed by atoms with Gasteiger partial charge in [-0.1, -0.05) is 29.8 Å². The Morgan fingerprint density at radius 1 is 1.27 bits per heavy atom. The van der Waals surface area contributed by atoms with Crippen LogP contribution in [0, 0.1) is 0 Å². The van der Waals surface area contributed by atoms with Gasteiger partial charge in [-0.15, -0.1) is 11.3 Å². The van der Waals surface area contributed by atoms with Crippen LogP contribution in [0.2, 0.25) is 5.02 Å². The number of rotatable bonds is 7. The van der Waals surface area contributed by atoms with Crippen LogP contribution in [0.4, 0.5) is 0 Å². The first kappa shape index (κ1) is 18.2. The number of para-hydroxylation sites is 1. The summed E-state index contributed by atoms with van der Waals surface area (Å²) in [6.45, 7) is 0.321. The molecule has 2 aromatic carbocycles. The number of carboxylic acid groups (broad SMARTS) is 1. The molecular weight excluding hydrogens is 374 g/mol. The minimum Gasteiger partial charge on any atom is -0.493 e. The fourth-order valence-corrected chi connectivity index (χ4v) is 3.50. The van der Waals surface area contributed by atoms with Gasteiger partial charge in [0.2, 0.25) is 0 Å². The quantitative estimate of drug-likeness (QED) is 0.635. The molecule has 0 fully saturated rings. The van der Waals surface area contributed by atoms with Gasteiger partial charge in [-0.2, -0.15) is 0 Å². The molecule has 1 aromatic heterocycles. The lowest BCUT2D eigenvalue weighted by molar-refractivity contribution is -0.136. The summed E-state index contributed by atoms with van der Waals surface area (Å²) in [6, 6.07) is 13.0. The summed E-state index contributed by atoms with van der Waals surface area (Å²) in [7, 11) is 1.57. The van der Waals surface area contributed by atoms with Gasteiger partial charge in [0.15, 0.2) is 11.5 Å². The number of ether oxygens (including phenoxy) is 2. The van der Waals surface area contributed by atoms with E-state index in [1.54, 1.807) is 18.6 Å². The van der Waals surface area contributed by atoms with Crippen molar-refractivity contribution in [1.82, 2.24) is 4.98 Å². The van der Waals surface area contributed by atoms with Crippen LogP contribution in [0.25, 0.3) is 10.6 Å². The van der Waals surface area contributed by atoms with Crippen molar-refractivity contribution in [1.29, 1.82) is 0 Å². The van der Waals surface area contributed by atoms with Crippen LogP contribution in [0.1, 0.15) is 11.3 Å². The van der Waals surface area contributed by atoms with Crippen molar-refractivity contribution in [3.8, 4) is 22.1 Å². The molecule has 7 heteroatoms. The lowest BCUT2D eigenvalue weighted by Crippen LogP contribution is -2.01. The van der Waals surface area contributed by atoms with E-state index in [1.807, 2.05) is 36.4 Å². The highest BCUT2D eigenvalue weighted by atomic mass is 35.5. The molecule has 0 atom stereocenters. The van der Waals surface area contributed by atoms with E-state index in [0.29, 0.717) is 33.8 Å². The Balaban J connectivity index is 1.90. The molecule has 134 valence electrons. The highest BCUT2D eigenvalue weighted by Gasteiger charge is 2.16. The molecule has 3 rings (SSSR count). The summed E-state index contributed by atoms with van der Waals surface area (Å²) in [5, 5.41) is 12.0. The third-order valence-electron chi connectivity index (χ3n) is 3.59. The monoisotopic (exact) mass is 389 g/mol. The number of benzene rings is 2. The molecule has 0 aliphatic heterocycles. The van der Waals surface area contributed by atoms with Crippen molar-refractivity contribution in [3.63, 3.8) is 0 Å². The van der Waals surface area contributed by atoms with Gasteiger partial charge in [0.05, 0.1) is 24.8 Å². The fourth-order valence-electron chi connectivity index (χ4n) is 2.44. The Labute approximate surface area is 159 Å². The molecule has 5 nitrogen and oxygen atoms in total. The SMILES string of the molecule is COc1cccc(-c2nc(CC(=O)O)cs2)c1OCc1cccc(Cl)c1. The van der Waals surface area contributed by atoms with E-state index < -0.39 is 5.97 Å². The lowest BCUT2D eigenvalue weighted by Gasteiger charge is -2.14. The van der Waals surface area contributed by atoms with E-state index in [0.717, 1.165) is 11.1 Å². The minimum absolute atomic E-state index is 0.112. The molecule has 0 amide bonds. The predicted octanol–water partition coefficient (Wildman–Crippen LogP) is 4.68. The largest absolute Gasteiger partial charge is 0.493 e. The van der Waals surface area contributed by atoms with Gasteiger partial charge >= 0.3 is 5.97 Å². The van der Waals surface area contributed by atoms with E-state index >= 15 is 0 Å². The van der Waals surface area contributed by atoms with E-state index in [4.69, 9.17) is 26.2 Å². The topological polar surface area (TPSA) is 68.7 Å². The fraction of sp³-hybridized carbons (Fsp3) is 0.158. The normalized spacial score (nSPS) is 10.5. The van der Waals surface area contributed by atoms with E-state index in [9.17, 15) is 4.79 Å². The van der Waals surface area contributed by atoms with Crippen LogP contribution in [-0.4, -0.2) is 23.2 Å². The molecule has 0 saturated carbocycles. The van der Waals surface area contributed by atoms with Crippen LogP contribution < -0.4 is 9.47 Å². The van der Waals surface area contributed by atoms with Gasteiger partial charge in [-0.3, -0.25) is 4.79 Å². The molecule has 0 unspecified atom stereocenters. The summed E-state index contributed by atoms with van der Waals surface area (Å²) in [5.74, 6) is 0.232. The second-order valence-electron chi connectivity index (χ2n) is 5.47. The Hall–Kier alpha value is -2.57. The molecule has 26 heavy (non-hydrogen) atoms. The first-order valence-corrected chi connectivity index (χ1v) is 9.03. The number of halogens is 1. The van der Waals surface area contributed by atoms with Crippen molar-refractivity contribution in [2.75, 3.05) is 7.11 Å². The molecule has 0 saturated heterocycles. The van der Waals surface area contributed by atoms with Gasteiger partial charge in [-0.25, -0.2) is 4.98 Å². The standard InChI is InChI=1S/C19H16ClNO4S/c1-24-16-7-3-6-15(19-21-14(11-26-19)9-17(22)23)18(16)25-10-12-4-2-5-13(20)8-12/h2-8,11H,9-10H2,1H3,(H,22,23). The first-order chi connectivity index (χ1) is 12.6. The second-order valence-corrected chi connectivity index (χ2v) is 6.76. The molecule has 0 spiro atoms. The molecule has 1 N–H and O–H groups in total. The number of hydrogen-bond donors (Lipinski definition) is 1. The Kier molecular flexibility index (Phi) is 5.75. The molecule has 0 aliphatic rings. The number of carbonyl (C=O) groups is 1. The van der Waals surface area contributed by atoms with Crippen molar-refractivity contribution >= 4 is 28.9 Å². The zero-order chi connectivity index (χ0) is 18.5. The lowest BCUT2D eigenvalue weighted by atomic mass is 10.2. The molecule has 0 aliphatic carbocycles. The van der Waals surface area contributed by atoms with Crippen LogP contribution in [0.15, 0.2) is 47.8 Å². The minimum atomic E-state index is -0.912. The average Bonchev–Trinajstić information content (AvgIpc) is 3.07. The molecule has 1 heterocycles. The van der Waals surface area contributed by atoms with Crippen molar-refractivity contribution < 1.29 is 19.4 Å². The maximum atomic E-state index is 10.9. The number of hydrogen-bond acceptors (Lipinski definition) is 5. The molecule has 3 aromatic rings. The van der Waals surface area contributed by atoms with Crippen LogP contribution in [-0.2, 0) is 17.8 Å². The second kappa shape index (κ2) is 8.21. The van der Waals surface area contributed by atoms with Gasteiger partial charge < -0.3 is 14.6 Å². The maximum absolute atomic E-state index is 10.9. The smallest absolute Gasteiger partial charge is 0.309 e. The Bertz CT molecular complexity index is 925. The number of carboxylic acids is 1. The van der Waals surface area contributed by atoms with E-state index in [1.165, 1.54) is 11.3 Å². The summed E-state index contributed by atoms with van der Waals surface area (Å²) in [4.78, 5) is 15.3. The highest BCUT2D eigenvalue weighted by Crippen LogP contribution is 2.39. The van der Waals surface area contributed by atoms with E-state index in [-0.39, 0.29) is 6.42 Å². The Morgan fingerprint density at radius 2 is 2.08 bits per heavy atom. The van der Waals surface area contributed by atoms with Crippen molar-refractivity contribution in [2.45, 2.75) is 13.0 Å². The number of aromatic nitrogens is 1. The average molecular weight is 390 g/mol. The number of nitrogens with zero attached hydrogens (tertiary/aromatic N) is 1. The van der Waals surface area contributed by atoms with Crippen molar-refractivity contribution in [3.05, 3.63) is 64.1 Å².